The van der Waals surface area contributed by atoms with E-state index >= 15 is 0 Å². The van der Waals surface area contributed by atoms with Crippen LogP contribution in [0.3, 0.4) is 0 Å². The number of carbonyl (C=O) groups excluding carboxylic acids is 1. The minimum atomic E-state index is -0.955. The number of aromatic nitrogens is 2. The first-order chi connectivity index (χ1) is 13.9. The van der Waals surface area contributed by atoms with E-state index < -0.39 is 5.97 Å². The van der Waals surface area contributed by atoms with Crippen LogP contribution in [0.2, 0.25) is 0 Å². The van der Waals surface area contributed by atoms with Crippen LogP contribution < -0.4 is 4.74 Å². The van der Waals surface area contributed by atoms with Crippen molar-refractivity contribution in [2.45, 2.75) is 45.1 Å². The molecule has 7 heteroatoms. The first kappa shape index (κ1) is 19.5. The summed E-state index contributed by atoms with van der Waals surface area (Å²) in [5, 5.41) is 13.0. The summed E-state index contributed by atoms with van der Waals surface area (Å²) in [5.74, 6) is 1.32. The highest BCUT2D eigenvalue weighted by Gasteiger charge is 2.43. The van der Waals surface area contributed by atoms with E-state index in [1.165, 1.54) is 10.2 Å². The zero-order valence-electron chi connectivity index (χ0n) is 16.8. The van der Waals surface area contributed by atoms with Gasteiger partial charge in [-0.2, -0.15) is 9.78 Å². The topological polar surface area (TPSA) is 84.7 Å². The minimum absolute atomic E-state index is 0.178. The molecule has 3 atom stereocenters. The number of fused-ring (bicyclic) bond motifs is 1. The second-order valence-electron chi connectivity index (χ2n) is 8.47. The quantitative estimate of drug-likeness (QED) is 0.836. The van der Waals surface area contributed by atoms with Crippen LogP contribution in [0.5, 0.6) is 5.75 Å². The van der Waals surface area contributed by atoms with Crippen LogP contribution >= 0.6 is 0 Å². The third kappa shape index (κ3) is 4.28. The van der Waals surface area contributed by atoms with Gasteiger partial charge in [0.2, 0.25) is 0 Å². The Hall–Kier alpha value is -2.83. The molecule has 1 amide bonds. The molecule has 0 unspecified atom stereocenters. The predicted octanol–water partition coefficient (Wildman–Crippen LogP) is 3.39. The molecule has 1 aromatic carbocycles. The summed E-state index contributed by atoms with van der Waals surface area (Å²) < 4.78 is 7.50. The van der Waals surface area contributed by atoms with Crippen molar-refractivity contribution in [3.8, 4) is 5.75 Å². The number of hydrogen-bond donors (Lipinski definition) is 1. The van der Waals surface area contributed by atoms with Gasteiger partial charge in [-0.1, -0.05) is 26.0 Å². The van der Waals surface area contributed by atoms with Crippen molar-refractivity contribution in [2.24, 2.45) is 11.8 Å². The second-order valence-corrected chi connectivity index (χ2v) is 8.47. The Kier molecular flexibility index (Phi) is 5.30. The van der Waals surface area contributed by atoms with Gasteiger partial charge in [-0.25, -0.2) is 4.79 Å². The first-order valence-electron chi connectivity index (χ1n) is 10.2. The number of ether oxygens (including phenoxy) is 1. The first-order valence-corrected chi connectivity index (χ1v) is 10.2. The molecule has 1 saturated heterocycles. The molecule has 1 aromatic heterocycles. The smallest absolute Gasteiger partial charge is 0.344 e. The average molecular weight is 397 g/mol. The monoisotopic (exact) mass is 397 g/mol. The molecule has 1 N–H and O–H groups in total. The van der Waals surface area contributed by atoms with Gasteiger partial charge < -0.3 is 14.7 Å². The predicted molar refractivity (Wildman–Crippen MR) is 107 cm³/mol. The van der Waals surface area contributed by atoms with Crippen molar-refractivity contribution in [3.05, 3.63) is 47.8 Å². The van der Waals surface area contributed by atoms with E-state index in [0.717, 1.165) is 18.6 Å². The lowest BCUT2D eigenvalue weighted by atomic mass is 10.0. The molecule has 2 aliphatic rings. The lowest BCUT2D eigenvalue weighted by Crippen LogP contribution is -2.34. The van der Waals surface area contributed by atoms with Crippen molar-refractivity contribution in [3.63, 3.8) is 0 Å². The summed E-state index contributed by atoms with van der Waals surface area (Å²) in [5.41, 5.74) is 1.67. The van der Waals surface area contributed by atoms with Crippen molar-refractivity contribution in [1.29, 1.82) is 0 Å². The van der Waals surface area contributed by atoms with Gasteiger partial charge in [0, 0.05) is 19.3 Å². The van der Waals surface area contributed by atoms with Gasteiger partial charge in [-0.15, -0.1) is 0 Å². The maximum absolute atomic E-state index is 12.7. The number of hydrogen-bond acceptors (Lipinski definition) is 4. The molecule has 1 saturated carbocycles. The van der Waals surface area contributed by atoms with E-state index in [0.29, 0.717) is 36.5 Å². The van der Waals surface area contributed by atoms with Gasteiger partial charge in [-0.3, -0.25) is 4.79 Å². The Labute approximate surface area is 170 Å². The number of carbonyl (C=O) groups is 2. The number of nitrogens with zero attached hydrogens (tertiary/aromatic N) is 3. The molecule has 1 aliphatic carbocycles. The molecule has 2 heterocycles. The molecule has 0 bridgehead atoms. The Morgan fingerprint density at radius 3 is 2.59 bits per heavy atom. The molecule has 7 nitrogen and oxygen atoms in total. The van der Waals surface area contributed by atoms with E-state index in [1.807, 2.05) is 17.0 Å². The average Bonchev–Trinajstić information content (AvgIpc) is 3.36. The summed E-state index contributed by atoms with van der Waals surface area (Å²) in [6.07, 6.45) is 3.45. The standard InChI is InChI=1S/C22H27N3O4/c1-14(2)15-4-3-5-19(8-15)29-20-9-16-12-24(13-17(16)10-20)22(28)25-7-6-18(23-25)11-21(26)27/h3-8,14,16-17,20H,9-13H2,1-2H3,(H,26,27)/t16-,17+,20+. The zero-order valence-corrected chi connectivity index (χ0v) is 16.8. The Morgan fingerprint density at radius 1 is 1.21 bits per heavy atom. The fraction of sp³-hybridized carbons (Fsp3) is 0.500. The van der Waals surface area contributed by atoms with Crippen molar-refractivity contribution < 1.29 is 19.4 Å². The van der Waals surface area contributed by atoms with E-state index in [-0.39, 0.29) is 18.6 Å². The minimum Gasteiger partial charge on any atom is -0.490 e. The lowest BCUT2D eigenvalue weighted by molar-refractivity contribution is -0.136. The second kappa shape index (κ2) is 7.89. The Bertz CT molecular complexity index is 893. The maximum Gasteiger partial charge on any atom is 0.344 e. The van der Waals surface area contributed by atoms with Gasteiger partial charge in [0.25, 0.3) is 0 Å². The fourth-order valence-electron chi connectivity index (χ4n) is 4.50. The number of benzene rings is 1. The van der Waals surface area contributed by atoms with Crippen LogP contribution in [-0.4, -0.2) is 51.0 Å². The van der Waals surface area contributed by atoms with Crippen molar-refractivity contribution >= 4 is 12.0 Å². The Balaban J connectivity index is 1.33. The van der Waals surface area contributed by atoms with Gasteiger partial charge in [0.1, 0.15) is 5.75 Å². The van der Waals surface area contributed by atoms with Crippen LogP contribution in [0.25, 0.3) is 0 Å². The molecule has 1 aliphatic heterocycles. The van der Waals surface area contributed by atoms with Crippen molar-refractivity contribution in [1.82, 2.24) is 14.7 Å². The number of carboxylic acids is 1. The lowest BCUT2D eigenvalue weighted by Gasteiger charge is -2.20. The molecule has 4 rings (SSSR count). The summed E-state index contributed by atoms with van der Waals surface area (Å²) in [6, 6.07) is 9.71. The number of amides is 1. The largest absolute Gasteiger partial charge is 0.490 e. The fourth-order valence-corrected chi connectivity index (χ4v) is 4.50. The third-order valence-electron chi connectivity index (χ3n) is 5.98. The summed E-state index contributed by atoms with van der Waals surface area (Å²) in [4.78, 5) is 25.3. The highest BCUT2D eigenvalue weighted by atomic mass is 16.5. The van der Waals surface area contributed by atoms with E-state index in [1.54, 1.807) is 12.3 Å². The highest BCUT2D eigenvalue weighted by Crippen LogP contribution is 2.40. The number of rotatable bonds is 5. The van der Waals surface area contributed by atoms with Crippen LogP contribution in [0, 0.1) is 11.8 Å². The number of carboxylic acid groups (broad SMARTS) is 1. The third-order valence-corrected chi connectivity index (χ3v) is 5.98. The normalized spacial score (nSPS) is 23.4. The Morgan fingerprint density at radius 2 is 1.93 bits per heavy atom. The molecule has 0 spiro atoms. The summed E-state index contributed by atoms with van der Waals surface area (Å²) >= 11 is 0. The van der Waals surface area contributed by atoms with Gasteiger partial charge in [0.15, 0.2) is 0 Å². The summed E-state index contributed by atoms with van der Waals surface area (Å²) in [6.45, 7) is 5.75. The molecular formula is C22H27N3O4. The van der Waals surface area contributed by atoms with Crippen LogP contribution in [-0.2, 0) is 11.2 Å². The van der Waals surface area contributed by atoms with Gasteiger partial charge >= 0.3 is 12.0 Å². The molecule has 0 radical (unpaired) electrons. The van der Waals surface area contributed by atoms with Crippen LogP contribution in [0.4, 0.5) is 4.79 Å². The van der Waals surface area contributed by atoms with E-state index in [4.69, 9.17) is 9.84 Å². The van der Waals surface area contributed by atoms with E-state index in [2.05, 4.69) is 31.1 Å². The van der Waals surface area contributed by atoms with Crippen LogP contribution in [0.1, 0.15) is 43.9 Å². The highest BCUT2D eigenvalue weighted by molar-refractivity contribution is 5.76. The zero-order chi connectivity index (χ0) is 20.5. The molecule has 2 aromatic rings. The molecule has 29 heavy (non-hydrogen) atoms. The van der Waals surface area contributed by atoms with Crippen LogP contribution in [0.15, 0.2) is 36.5 Å². The molecular weight excluding hydrogens is 370 g/mol. The maximum atomic E-state index is 12.7. The molecule has 154 valence electrons. The summed E-state index contributed by atoms with van der Waals surface area (Å²) in [7, 11) is 0. The number of aliphatic carboxylic acids is 1. The van der Waals surface area contributed by atoms with E-state index in [9.17, 15) is 9.59 Å². The SMILES string of the molecule is CC(C)c1cccc(O[C@H]2C[C@@H]3CN(C(=O)n4ccc(CC(=O)O)n4)C[C@@H]3C2)c1. The van der Waals surface area contributed by atoms with Gasteiger partial charge in [0.05, 0.1) is 18.2 Å². The number of likely N-dealkylation sites (tertiary alicyclic amines) is 1. The van der Waals surface area contributed by atoms with Crippen molar-refractivity contribution in [2.75, 3.05) is 13.1 Å². The van der Waals surface area contributed by atoms with Gasteiger partial charge in [-0.05, 0) is 54.4 Å². The molecule has 2 fully saturated rings.